The van der Waals surface area contributed by atoms with Crippen LogP contribution < -0.4 is 10.2 Å². The molecule has 2 N–H and O–H groups in total. The number of hydrogen-bond acceptors (Lipinski definition) is 3. The summed E-state index contributed by atoms with van der Waals surface area (Å²) in [6, 6.07) is 7.92. The molecule has 0 aromatic heterocycles. The predicted molar refractivity (Wildman–Crippen MR) is 71.7 cm³/mol. The number of rotatable bonds is 4. The van der Waals surface area contributed by atoms with Crippen LogP contribution in [0.1, 0.15) is 18.9 Å². The van der Waals surface area contributed by atoms with E-state index in [2.05, 4.69) is 29.3 Å². The zero-order chi connectivity index (χ0) is 13.0. The van der Waals surface area contributed by atoms with Crippen molar-refractivity contribution in [2.75, 3.05) is 24.6 Å². The van der Waals surface area contributed by atoms with Gasteiger partial charge in [-0.05, 0) is 24.5 Å². The van der Waals surface area contributed by atoms with Gasteiger partial charge in [0, 0.05) is 25.4 Å². The molecule has 0 saturated carbocycles. The Hall–Kier alpha value is -1.55. The molecule has 0 aliphatic carbocycles. The number of amides is 1. The van der Waals surface area contributed by atoms with Crippen molar-refractivity contribution in [3.05, 3.63) is 29.8 Å². The maximum Gasteiger partial charge on any atom is 0.242 e. The molecule has 1 heterocycles. The number of piperazine rings is 1. The van der Waals surface area contributed by atoms with E-state index in [-0.39, 0.29) is 18.6 Å². The summed E-state index contributed by atoms with van der Waals surface area (Å²) >= 11 is 0. The Morgan fingerprint density at radius 1 is 1.44 bits per heavy atom. The summed E-state index contributed by atoms with van der Waals surface area (Å²) in [6.07, 6.45) is 1.42. The molecule has 98 valence electrons. The first kappa shape index (κ1) is 12.9. The van der Waals surface area contributed by atoms with Gasteiger partial charge in [-0.25, -0.2) is 0 Å². The van der Waals surface area contributed by atoms with E-state index >= 15 is 0 Å². The zero-order valence-electron chi connectivity index (χ0n) is 10.7. The van der Waals surface area contributed by atoms with Crippen LogP contribution in [0.15, 0.2) is 24.3 Å². The first-order valence-corrected chi connectivity index (χ1v) is 6.51. The molecule has 1 aliphatic heterocycles. The smallest absolute Gasteiger partial charge is 0.242 e. The summed E-state index contributed by atoms with van der Waals surface area (Å²) in [7, 11) is 0. The van der Waals surface area contributed by atoms with E-state index in [4.69, 9.17) is 5.11 Å². The van der Waals surface area contributed by atoms with Gasteiger partial charge < -0.3 is 15.3 Å². The third-order valence-electron chi connectivity index (χ3n) is 3.42. The standard InChI is InChI=1S/C14H20N2O2/c1-2-11-5-3-4-6-12(11)16-9-8-15-14(18)13(16)7-10-17/h3-6,13,17H,2,7-10H2,1H3,(H,15,18). The minimum atomic E-state index is -0.253. The van der Waals surface area contributed by atoms with Crippen LogP contribution in [0, 0.1) is 0 Å². The topological polar surface area (TPSA) is 52.6 Å². The second-order valence-electron chi connectivity index (χ2n) is 4.49. The van der Waals surface area contributed by atoms with Gasteiger partial charge in [-0.15, -0.1) is 0 Å². The van der Waals surface area contributed by atoms with Crippen molar-refractivity contribution in [2.24, 2.45) is 0 Å². The molecule has 4 nitrogen and oxygen atoms in total. The van der Waals surface area contributed by atoms with Crippen molar-refractivity contribution in [3.63, 3.8) is 0 Å². The van der Waals surface area contributed by atoms with Gasteiger partial charge in [-0.2, -0.15) is 0 Å². The Labute approximate surface area is 108 Å². The van der Waals surface area contributed by atoms with Crippen LogP contribution in [-0.2, 0) is 11.2 Å². The van der Waals surface area contributed by atoms with Crippen LogP contribution in [0.5, 0.6) is 0 Å². The lowest BCUT2D eigenvalue weighted by Gasteiger charge is -2.37. The number of carbonyl (C=O) groups excluding carboxylic acids is 1. The van der Waals surface area contributed by atoms with Crippen molar-refractivity contribution >= 4 is 11.6 Å². The number of para-hydroxylation sites is 1. The highest BCUT2D eigenvalue weighted by Gasteiger charge is 2.29. The van der Waals surface area contributed by atoms with Gasteiger partial charge in [-0.3, -0.25) is 4.79 Å². The Balaban J connectivity index is 2.31. The highest BCUT2D eigenvalue weighted by atomic mass is 16.3. The van der Waals surface area contributed by atoms with Crippen molar-refractivity contribution in [1.82, 2.24) is 5.32 Å². The molecule has 0 bridgehead atoms. The number of anilines is 1. The fraction of sp³-hybridized carbons (Fsp3) is 0.500. The van der Waals surface area contributed by atoms with Crippen molar-refractivity contribution in [1.29, 1.82) is 0 Å². The van der Waals surface area contributed by atoms with E-state index in [0.29, 0.717) is 13.0 Å². The summed E-state index contributed by atoms with van der Waals surface area (Å²) in [5.74, 6) is 0.0150. The first-order valence-electron chi connectivity index (χ1n) is 6.51. The van der Waals surface area contributed by atoms with Gasteiger partial charge >= 0.3 is 0 Å². The van der Waals surface area contributed by atoms with Crippen LogP contribution in [-0.4, -0.2) is 36.8 Å². The van der Waals surface area contributed by atoms with Crippen LogP contribution in [0.4, 0.5) is 5.69 Å². The highest BCUT2D eigenvalue weighted by Crippen LogP contribution is 2.25. The molecule has 1 saturated heterocycles. The fourth-order valence-electron chi connectivity index (χ4n) is 2.50. The molecular weight excluding hydrogens is 228 g/mol. The van der Waals surface area contributed by atoms with E-state index in [9.17, 15) is 4.79 Å². The number of aliphatic hydroxyl groups excluding tert-OH is 1. The molecule has 1 amide bonds. The van der Waals surface area contributed by atoms with Crippen LogP contribution in [0.25, 0.3) is 0 Å². The third kappa shape index (κ3) is 2.48. The second-order valence-corrected chi connectivity index (χ2v) is 4.49. The molecule has 0 spiro atoms. The zero-order valence-corrected chi connectivity index (χ0v) is 10.7. The van der Waals surface area contributed by atoms with Crippen LogP contribution >= 0.6 is 0 Å². The van der Waals surface area contributed by atoms with Gasteiger partial charge in [0.25, 0.3) is 0 Å². The number of carbonyl (C=O) groups is 1. The van der Waals surface area contributed by atoms with Crippen LogP contribution in [0.3, 0.4) is 0 Å². The van der Waals surface area contributed by atoms with Crippen LogP contribution in [0.2, 0.25) is 0 Å². The molecule has 18 heavy (non-hydrogen) atoms. The summed E-state index contributed by atoms with van der Waals surface area (Å²) in [5, 5.41) is 12.0. The summed E-state index contributed by atoms with van der Waals surface area (Å²) < 4.78 is 0. The lowest BCUT2D eigenvalue weighted by Crippen LogP contribution is -2.56. The van der Waals surface area contributed by atoms with Crippen molar-refractivity contribution < 1.29 is 9.90 Å². The number of aliphatic hydroxyl groups is 1. The SMILES string of the molecule is CCc1ccccc1N1CCNC(=O)C1CCO. The lowest BCUT2D eigenvalue weighted by atomic mass is 10.0. The number of aryl methyl sites for hydroxylation is 1. The van der Waals surface area contributed by atoms with Gasteiger partial charge in [0.2, 0.25) is 5.91 Å². The molecule has 1 aromatic carbocycles. The number of nitrogens with one attached hydrogen (secondary N) is 1. The molecular formula is C14H20N2O2. The molecule has 2 rings (SSSR count). The number of nitrogens with zero attached hydrogens (tertiary/aromatic N) is 1. The maximum absolute atomic E-state index is 11.9. The average molecular weight is 248 g/mol. The van der Waals surface area contributed by atoms with E-state index in [0.717, 1.165) is 18.7 Å². The Morgan fingerprint density at radius 2 is 2.22 bits per heavy atom. The number of hydrogen-bond donors (Lipinski definition) is 2. The van der Waals surface area contributed by atoms with Gasteiger partial charge in [-0.1, -0.05) is 25.1 Å². The normalized spacial score (nSPS) is 19.8. The molecule has 1 fully saturated rings. The maximum atomic E-state index is 11.9. The number of benzene rings is 1. The molecule has 1 unspecified atom stereocenters. The summed E-state index contributed by atoms with van der Waals surface area (Å²) in [4.78, 5) is 14.0. The lowest BCUT2D eigenvalue weighted by molar-refractivity contribution is -0.123. The second kappa shape index (κ2) is 5.87. The molecule has 0 radical (unpaired) electrons. The molecule has 4 heteroatoms. The van der Waals surface area contributed by atoms with Crippen molar-refractivity contribution in [2.45, 2.75) is 25.8 Å². The molecule has 1 aliphatic rings. The Kier molecular flexibility index (Phi) is 4.20. The van der Waals surface area contributed by atoms with E-state index < -0.39 is 0 Å². The predicted octanol–water partition coefficient (Wildman–Crippen LogP) is 0.936. The average Bonchev–Trinajstić information content (AvgIpc) is 2.41. The Morgan fingerprint density at radius 3 is 2.94 bits per heavy atom. The minimum Gasteiger partial charge on any atom is -0.396 e. The van der Waals surface area contributed by atoms with E-state index in [1.807, 2.05) is 12.1 Å². The fourth-order valence-corrected chi connectivity index (χ4v) is 2.50. The van der Waals surface area contributed by atoms with E-state index in [1.165, 1.54) is 5.56 Å². The molecule has 1 atom stereocenters. The Bertz CT molecular complexity index is 420. The van der Waals surface area contributed by atoms with Gasteiger partial charge in [0.15, 0.2) is 0 Å². The largest absolute Gasteiger partial charge is 0.396 e. The van der Waals surface area contributed by atoms with E-state index in [1.54, 1.807) is 0 Å². The first-order chi connectivity index (χ1) is 8.77. The summed E-state index contributed by atoms with van der Waals surface area (Å²) in [6.45, 7) is 3.61. The highest BCUT2D eigenvalue weighted by molar-refractivity contribution is 5.86. The van der Waals surface area contributed by atoms with Gasteiger partial charge in [0.05, 0.1) is 0 Å². The quantitative estimate of drug-likeness (QED) is 0.833. The minimum absolute atomic E-state index is 0.0150. The monoisotopic (exact) mass is 248 g/mol. The van der Waals surface area contributed by atoms with Crippen molar-refractivity contribution in [3.8, 4) is 0 Å². The molecule has 1 aromatic rings. The van der Waals surface area contributed by atoms with Gasteiger partial charge in [0.1, 0.15) is 6.04 Å². The third-order valence-corrected chi connectivity index (χ3v) is 3.42. The summed E-state index contributed by atoms with van der Waals surface area (Å²) in [5.41, 5.74) is 2.36.